The van der Waals surface area contributed by atoms with E-state index in [0.29, 0.717) is 6.42 Å². The molecule has 0 fully saturated rings. The van der Waals surface area contributed by atoms with Crippen LogP contribution < -0.4 is 5.73 Å². The van der Waals surface area contributed by atoms with Crippen LogP contribution in [-0.2, 0) is 32.7 Å². The first-order valence-electron chi connectivity index (χ1n) is 34.3. The van der Waals surface area contributed by atoms with Gasteiger partial charge in [0, 0.05) is 19.4 Å². The third kappa shape index (κ3) is 63.7. The van der Waals surface area contributed by atoms with Crippen LogP contribution in [0.25, 0.3) is 0 Å². The van der Waals surface area contributed by atoms with Crippen molar-refractivity contribution in [1.29, 1.82) is 0 Å². The number of phosphoric ester groups is 1. The Balaban J connectivity index is 3.70. The second kappa shape index (κ2) is 64.7. The molecule has 2 unspecified atom stereocenters. The number of phosphoric acid groups is 1. The average molecular weight is 1120 g/mol. The first kappa shape index (κ1) is 76.5. The zero-order chi connectivity index (χ0) is 56.6. The summed E-state index contributed by atoms with van der Waals surface area (Å²) < 4.78 is 33.1. The fraction of sp³-hybridized carbons (Fsp3) is 0.912. The lowest BCUT2D eigenvalue weighted by atomic mass is 10.0. The van der Waals surface area contributed by atoms with Crippen LogP contribution in [0.3, 0.4) is 0 Å². The molecule has 0 aromatic rings. The number of esters is 2. The Bertz CT molecular complexity index is 1330. The SMILES string of the molecule is CCCCCCC/C=C\C/C=C\CCCCCCCCCCCCCCCCCCCCCCCCCCCCCCCC(=O)OC(COC(=O)CCCCCCCCCCCCCCCCCC)COP(=O)(O)OCCN. The molecule has 0 amide bonds. The van der Waals surface area contributed by atoms with Crippen LogP contribution in [0.15, 0.2) is 24.3 Å². The van der Waals surface area contributed by atoms with Gasteiger partial charge in [0.05, 0.1) is 13.2 Å². The van der Waals surface area contributed by atoms with E-state index in [2.05, 4.69) is 38.2 Å². The van der Waals surface area contributed by atoms with Crippen molar-refractivity contribution in [1.82, 2.24) is 0 Å². The highest BCUT2D eigenvalue weighted by Crippen LogP contribution is 2.43. The summed E-state index contributed by atoms with van der Waals surface area (Å²) in [6, 6.07) is 0. The van der Waals surface area contributed by atoms with E-state index >= 15 is 0 Å². The van der Waals surface area contributed by atoms with Gasteiger partial charge < -0.3 is 20.1 Å². The van der Waals surface area contributed by atoms with E-state index < -0.39 is 26.5 Å². The normalized spacial score (nSPS) is 13.0. The molecule has 2 atom stereocenters. The zero-order valence-electron chi connectivity index (χ0n) is 51.9. The van der Waals surface area contributed by atoms with Crippen molar-refractivity contribution in [2.45, 2.75) is 373 Å². The number of carbonyl (C=O) groups excluding carboxylic acids is 2. The van der Waals surface area contributed by atoms with Crippen LogP contribution in [0.4, 0.5) is 0 Å². The number of hydrogen-bond donors (Lipinski definition) is 2. The van der Waals surface area contributed by atoms with Crippen LogP contribution in [0, 0.1) is 0 Å². The Morgan fingerprint density at radius 3 is 0.974 bits per heavy atom. The molecule has 0 aliphatic rings. The summed E-state index contributed by atoms with van der Waals surface area (Å²) >= 11 is 0. The minimum absolute atomic E-state index is 0.0576. The van der Waals surface area contributed by atoms with E-state index in [9.17, 15) is 19.0 Å². The third-order valence-corrected chi connectivity index (χ3v) is 16.6. The van der Waals surface area contributed by atoms with E-state index in [1.54, 1.807) is 0 Å². The number of allylic oxidation sites excluding steroid dienone is 4. The van der Waals surface area contributed by atoms with Crippen LogP contribution in [0.5, 0.6) is 0 Å². The smallest absolute Gasteiger partial charge is 0.462 e. The van der Waals surface area contributed by atoms with E-state index in [-0.39, 0.29) is 38.6 Å². The van der Waals surface area contributed by atoms with Gasteiger partial charge in [-0.15, -0.1) is 0 Å². The Hall–Kier alpha value is -1.51. The van der Waals surface area contributed by atoms with E-state index in [4.69, 9.17) is 24.3 Å². The second-order valence-corrected chi connectivity index (χ2v) is 24.9. The topological polar surface area (TPSA) is 134 Å². The maximum absolute atomic E-state index is 12.7. The maximum atomic E-state index is 12.7. The fourth-order valence-corrected chi connectivity index (χ4v) is 11.3. The quantitative estimate of drug-likeness (QED) is 0.0264. The van der Waals surface area contributed by atoms with Gasteiger partial charge >= 0.3 is 19.8 Å². The van der Waals surface area contributed by atoms with Crippen LogP contribution in [0.2, 0.25) is 0 Å². The molecule has 0 aromatic heterocycles. The third-order valence-electron chi connectivity index (χ3n) is 15.6. The Labute approximate surface area is 484 Å². The van der Waals surface area contributed by atoms with Gasteiger partial charge in [-0.2, -0.15) is 0 Å². The molecule has 0 saturated heterocycles. The first-order valence-corrected chi connectivity index (χ1v) is 35.8. The van der Waals surface area contributed by atoms with Crippen molar-refractivity contribution < 1.29 is 37.6 Å². The van der Waals surface area contributed by atoms with E-state index in [1.165, 1.54) is 295 Å². The van der Waals surface area contributed by atoms with Gasteiger partial charge in [-0.1, -0.05) is 334 Å². The lowest BCUT2D eigenvalue weighted by molar-refractivity contribution is -0.161. The number of carbonyl (C=O) groups is 2. The maximum Gasteiger partial charge on any atom is 0.472 e. The molecule has 0 aliphatic carbocycles. The number of nitrogens with two attached hydrogens (primary N) is 1. The van der Waals surface area contributed by atoms with Gasteiger partial charge in [0.25, 0.3) is 0 Å². The summed E-state index contributed by atoms with van der Waals surface area (Å²) in [7, 11) is -4.38. The number of rotatable bonds is 66. The molecule has 10 heteroatoms. The predicted molar refractivity (Wildman–Crippen MR) is 335 cm³/mol. The molecule has 0 aromatic carbocycles. The molecule has 0 saturated carbocycles. The molecule has 9 nitrogen and oxygen atoms in total. The number of unbranched alkanes of at least 4 members (excludes halogenated alkanes) is 49. The molecular weight excluding hydrogens is 990 g/mol. The van der Waals surface area contributed by atoms with Crippen molar-refractivity contribution in [2.24, 2.45) is 5.73 Å². The van der Waals surface area contributed by atoms with Gasteiger partial charge in [0.15, 0.2) is 6.10 Å². The van der Waals surface area contributed by atoms with Gasteiger partial charge in [-0.3, -0.25) is 18.6 Å². The van der Waals surface area contributed by atoms with Gasteiger partial charge in [0.2, 0.25) is 0 Å². The fourth-order valence-electron chi connectivity index (χ4n) is 10.5. The summed E-state index contributed by atoms with van der Waals surface area (Å²) in [5.74, 6) is -0.804. The molecule has 0 heterocycles. The summed E-state index contributed by atoms with van der Waals surface area (Å²) in [6.45, 7) is 3.80. The van der Waals surface area contributed by atoms with Gasteiger partial charge in [-0.05, 0) is 44.9 Å². The molecular formula is C68H132NO8P. The minimum atomic E-state index is -4.38. The summed E-state index contributed by atoms with van der Waals surface area (Å²) in [4.78, 5) is 35.2. The standard InChI is InChI=1S/C68H132NO8P/c1-3-5-7-9-11-13-15-17-19-21-22-23-24-25-26-27-28-29-30-31-32-33-34-35-36-37-38-39-40-41-42-43-44-45-47-49-51-53-55-57-59-61-68(71)77-66(65-76-78(72,73)75-63-62-69)64-74-67(70)60-58-56-54-52-50-48-46-20-18-16-14-12-10-8-6-4-2/h15,17,21-22,66H,3-14,16,18-20,23-65,69H2,1-2H3,(H,72,73)/b17-15-,22-21-. The minimum Gasteiger partial charge on any atom is -0.462 e. The summed E-state index contributed by atoms with van der Waals surface area (Å²) in [5.41, 5.74) is 5.39. The molecule has 3 N–H and O–H groups in total. The first-order chi connectivity index (χ1) is 38.3. The zero-order valence-corrected chi connectivity index (χ0v) is 52.8. The van der Waals surface area contributed by atoms with Crippen molar-refractivity contribution in [2.75, 3.05) is 26.4 Å². The van der Waals surface area contributed by atoms with Crippen molar-refractivity contribution in [3.63, 3.8) is 0 Å². The van der Waals surface area contributed by atoms with Crippen LogP contribution in [0.1, 0.15) is 367 Å². The van der Waals surface area contributed by atoms with Crippen LogP contribution >= 0.6 is 7.82 Å². The lowest BCUT2D eigenvalue weighted by Crippen LogP contribution is -2.29. The predicted octanol–water partition coefficient (Wildman–Crippen LogP) is 22.1. The Kier molecular flexibility index (Phi) is 63.4. The number of ether oxygens (including phenoxy) is 2. The number of hydrogen-bond acceptors (Lipinski definition) is 8. The highest BCUT2D eigenvalue weighted by Gasteiger charge is 2.26. The average Bonchev–Trinajstić information content (AvgIpc) is 3.43. The summed E-state index contributed by atoms with van der Waals surface area (Å²) in [5, 5.41) is 0. The van der Waals surface area contributed by atoms with E-state index in [0.717, 1.165) is 38.5 Å². The Morgan fingerprint density at radius 1 is 0.385 bits per heavy atom. The highest BCUT2D eigenvalue weighted by atomic mass is 31.2. The molecule has 0 radical (unpaired) electrons. The highest BCUT2D eigenvalue weighted by molar-refractivity contribution is 7.47. The molecule has 78 heavy (non-hydrogen) atoms. The second-order valence-electron chi connectivity index (χ2n) is 23.4. The monoisotopic (exact) mass is 1120 g/mol. The van der Waals surface area contributed by atoms with Gasteiger partial charge in [-0.25, -0.2) is 4.57 Å². The molecule has 462 valence electrons. The van der Waals surface area contributed by atoms with Gasteiger partial charge in [0.1, 0.15) is 6.61 Å². The lowest BCUT2D eigenvalue weighted by Gasteiger charge is -2.19. The molecule has 0 aliphatic heterocycles. The van der Waals surface area contributed by atoms with Crippen molar-refractivity contribution in [3.8, 4) is 0 Å². The summed E-state index contributed by atoms with van der Waals surface area (Å²) in [6.07, 6.45) is 78.7. The van der Waals surface area contributed by atoms with E-state index in [1.807, 2.05) is 0 Å². The molecule has 0 spiro atoms. The van der Waals surface area contributed by atoms with Crippen LogP contribution in [-0.4, -0.2) is 49.3 Å². The molecule has 0 rings (SSSR count). The molecule has 0 bridgehead atoms. The Morgan fingerprint density at radius 2 is 0.667 bits per heavy atom. The van der Waals surface area contributed by atoms with Crippen molar-refractivity contribution >= 4 is 19.8 Å². The largest absolute Gasteiger partial charge is 0.472 e. The van der Waals surface area contributed by atoms with Crippen molar-refractivity contribution in [3.05, 3.63) is 24.3 Å².